The fourth-order valence-corrected chi connectivity index (χ4v) is 2.52. The summed E-state index contributed by atoms with van der Waals surface area (Å²) in [5.74, 6) is -0.593. The Balaban J connectivity index is 2.37. The number of nitrogens with two attached hydrogens (primary N) is 1. The average Bonchev–Trinajstić information content (AvgIpc) is 2.72. The monoisotopic (exact) mass is 436 g/mol. The van der Waals surface area contributed by atoms with Gasteiger partial charge in [-0.1, -0.05) is 17.7 Å². The lowest BCUT2D eigenvalue weighted by Gasteiger charge is -2.15. The number of carbonyl (C=O) groups is 1. The first-order valence-electron chi connectivity index (χ1n) is 8.82. The maximum absolute atomic E-state index is 14.4. The summed E-state index contributed by atoms with van der Waals surface area (Å²) in [6.07, 6.45) is 2.82. The highest BCUT2D eigenvalue weighted by Crippen LogP contribution is 2.30. The minimum atomic E-state index is -0.659. The summed E-state index contributed by atoms with van der Waals surface area (Å²) in [4.78, 5) is 25.2. The van der Waals surface area contributed by atoms with E-state index in [0.717, 1.165) is 0 Å². The number of aliphatic hydroxyl groups is 1. The van der Waals surface area contributed by atoms with Gasteiger partial charge in [0.25, 0.3) is 5.91 Å². The minimum absolute atomic E-state index is 0.0196. The number of para-hydroxylation sites is 1. The topological polar surface area (TPSA) is 134 Å². The van der Waals surface area contributed by atoms with E-state index in [1.54, 1.807) is 0 Å². The van der Waals surface area contributed by atoms with Gasteiger partial charge in [0, 0.05) is 24.4 Å². The number of aromatic nitrogens is 1. The van der Waals surface area contributed by atoms with E-state index < -0.39 is 11.7 Å². The number of pyridine rings is 1. The van der Waals surface area contributed by atoms with E-state index in [-0.39, 0.29) is 28.6 Å². The summed E-state index contributed by atoms with van der Waals surface area (Å²) in [6, 6.07) is 5.55. The van der Waals surface area contributed by atoms with Crippen molar-refractivity contribution in [2.45, 2.75) is 6.92 Å². The van der Waals surface area contributed by atoms with Gasteiger partial charge in [-0.2, -0.15) is 0 Å². The number of amidine groups is 1. The van der Waals surface area contributed by atoms with Gasteiger partial charge in [-0.3, -0.25) is 14.6 Å². The molecule has 11 heteroatoms. The Morgan fingerprint density at radius 3 is 2.90 bits per heavy atom. The number of nitrogens with one attached hydrogen (secondary N) is 3. The molecular weight excluding hydrogens is 415 g/mol. The van der Waals surface area contributed by atoms with Gasteiger partial charge in [0.15, 0.2) is 0 Å². The molecule has 2 aromatic rings. The molecule has 0 bridgehead atoms. The molecule has 9 nitrogen and oxygen atoms in total. The van der Waals surface area contributed by atoms with E-state index in [4.69, 9.17) is 22.4 Å². The summed E-state index contributed by atoms with van der Waals surface area (Å²) < 4.78 is 14.4. The molecule has 1 amide bonds. The molecule has 160 valence electrons. The molecule has 0 radical (unpaired) electrons. The standard InChI is InChI=1S/C19H22ClFN6O3/c1-3-23-16(7-11(22)10-28)26-17-8-15(13(20)9-24-17)25-18-12(19(29)27-30-2)5-4-6-14(18)21/h4-9,28H,3,10,22H2,1-2H3,(H,27,29)(H2,23,24,25,26). The van der Waals surface area contributed by atoms with Crippen LogP contribution in [0.3, 0.4) is 0 Å². The van der Waals surface area contributed by atoms with Crippen LogP contribution in [-0.4, -0.2) is 42.1 Å². The van der Waals surface area contributed by atoms with Gasteiger partial charge < -0.3 is 21.5 Å². The Morgan fingerprint density at radius 1 is 1.47 bits per heavy atom. The van der Waals surface area contributed by atoms with E-state index in [0.29, 0.717) is 23.9 Å². The van der Waals surface area contributed by atoms with Crippen molar-refractivity contribution in [1.29, 1.82) is 0 Å². The van der Waals surface area contributed by atoms with Gasteiger partial charge in [-0.05, 0) is 19.1 Å². The first-order chi connectivity index (χ1) is 14.4. The van der Waals surface area contributed by atoms with Gasteiger partial charge in [0.2, 0.25) is 0 Å². The predicted octanol–water partition coefficient (Wildman–Crippen LogP) is 2.57. The van der Waals surface area contributed by atoms with Crippen LogP contribution in [0.1, 0.15) is 17.3 Å². The zero-order chi connectivity index (χ0) is 22.1. The van der Waals surface area contributed by atoms with Gasteiger partial charge in [0.05, 0.1) is 41.9 Å². The van der Waals surface area contributed by atoms with E-state index in [1.165, 1.54) is 43.6 Å². The molecular formula is C19H22ClFN6O3. The molecule has 0 atom stereocenters. The van der Waals surface area contributed by atoms with Crippen molar-refractivity contribution in [3.63, 3.8) is 0 Å². The molecule has 0 unspecified atom stereocenters. The van der Waals surface area contributed by atoms with Crippen LogP contribution in [-0.2, 0) is 4.84 Å². The van der Waals surface area contributed by atoms with Crippen LogP contribution in [0.25, 0.3) is 0 Å². The molecule has 0 fully saturated rings. The van der Waals surface area contributed by atoms with E-state index in [1.807, 2.05) is 6.92 Å². The molecule has 0 aliphatic heterocycles. The Labute approximate surface area is 177 Å². The number of nitrogens with zero attached hydrogens (tertiary/aromatic N) is 2. The maximum Gasteiger partial charge on any atom is 0.277 e. The number of aliphatic hydroxyl groups excluding tert-OH is 1. The lowest BCUT2D eigenvalue weighted by atomic mass is 10.1. The first kappa shape index (κ1) is 23.1. The molecule has 0 saturated carbocycles. The second kappa shape index (κ2) is 11.1. The third-order valence-corrected chi connectivity index (χ3v) is 3.96. The molecule has 2 rings (SSSR count). The summed E-state index contributed by atoms with van der Waals surface area (Å²) in [7, 11) is 1.27. The lowest BCUT2D eigenvalue weighted by Crippen LogP contribution is -2.23. The second-order valence-electron chi connectivity index (χ2n) is 5.83. The predicted molar refractivity (Wildman–Crippen MR) is 114 cm³/mol. The van der Waals surface area contributed by atoms with Crippen LogP contribution in [0, 0.1) is 5.82 Å². The molecule has 6 N–H and O–H groups in total. The number of hydrogen-bond donors (Lipinski definition) is 5. The Hall–Kier alpha value is -3.21. The number of aliphatic imine (C=N–C) groups is 1. The van der Waals surface area contributed by atoms with Gasteiger partial charge in [0.1, 0.15) is 17.5 Å². The molecule has 0 aliphatic rings. The maximum atomic E-state index is 14.4. The van der Waals surface area contributed by atoms with Crippen molar-refractivity contribution in [2.24, 2.45) is 10.7 Å². The molecule has 1 aromatic carbocycles. The summed E-state index contributed by atoms with van der Waals surface area (Å²) in [5.41, 5.74) is 8.23. The normalized spacial score (nSPS) is 11.9. The van der Waals surface area contributed by atoms with Crippen LogP contribution in [0.4, 0.5) is 21.6 Å². The van der Waals surface area contributed by atoms with Crippen LogP contribution in [0.2, 0.25) is 5.02 Å². The number of anilines is 3. The number of carbonyl (C=O) groups excluding carboxylic acids is 1. The Bertz CT molecular complexity index is 967. The van der Waals surface area contributed by atoms with Crippen molar-refractivity contribution in [1.82, 2.24) is 10.5 Å². The van der Waals surface area contributed by atoms with E-state index in [9.17, 15) is 9.18 Å². The van der Waals surface area contributed by atoms with Crippen LogP contribution in [0.15, 0.2) is 47.2 Å². The number of benzene rings is 1. The molecule has 1 aromatic heterocycles. The lowest BCUT2D eigenvalue weighted by molar-refractivity contribution is 0.0538. The third-order valence-electron chi connectivity index (χ3n) is 3.66. The molecule has 0 aliphatic carbocycles. The minimum Gasteiger partial charge on any atom is -0.400 e. The molecule has 0 saturated heterocycles. The van der Waals surface area contributed by atoms with Crippen LogP contribution >= 0.6 is 11.6 Å². The van der Waals surface area contributed by atoms with Crippen molar-refractivity contribution in [2.75, 3.05) is 30.9 Å². The van der Waals surface area contributed by atoms with Gasteiger partial charge in [-0.15, -0.1) is 0 Å². The van der Waals surface area contributed by atoms with Gasteiger partial charge in [-0.25, -0.2) is 14.9 Å². The summed E-state index contributed by atoms with van der Waals surface area (Å²) in [6.45, 7) is 1.96. The molecule has 0 spiro atoms. The summed E-state index contributed by atoms with van der Waals surface area (Å²) in [5, 5.41) is 15.1. The zero-order valence-electron chi connectivity index (χ0n) is 16.4. The molecule has 30 heavy (non-hydrogen) atoms. The van der Waals surface area contributed by atoms with Gasteiger partial charge >= 0.3 is 0 Å². The first-order valence-corrected chi connectivity index (χ1v) is 9.20. The van der Waals surface area contributed by atoms with Crippen molar-refractivity contribution < 1.29 is 19.1 Å². The Morgan fingerprint density at radius 2 is 2.23 bits per heavy atom. The Kier molecular flexibility index (Phi) is 8.54. The number of rotatable bonds is 8. The van der Waals surface area contributed by atoms with Crippen LogP contribution < -0.4 is 21.8 Å². The highest BCUT2D eigenvalue weighted by molar-refractivity contribution is 6.33. The largest absolute Gasteiger partial charge is 0.400 e. The second-order valence-corrected chi connectivity index (χ2v) is 6.24. The van der Waals surface area contributed by atoms with Crippen molar-refractivity contribution >= 4 is 40.5 Å². The number of hydroxylamine groups is 1. The van der Waals surface area contributed by atoms with Crippen molar-refractivity contribution in [3.05, 3.63) is 58.6 Å². The van der Waals surface area contributed by atoms with Crippen LogP contribution in [0.5, 0.6) is 0 Å². The van der Waals surface area contributed by atoms with Crippen molar-refractivity contribution in [3.8, 4) is 0 Å². The highest BCUT2D eigenvalue weighted by atomic mass is 35.5. The average molecular weight is 437 g/mol. The number of hydrogen-bond acceptors (Lipinski definition) is 7. The fraction of sp³-hybridized carbons (Fsp3) is 0.211. The third kappa shape index (κ3) is 6.14. The fourth-order valence-electron chi connectivity index (χ4n) is 2.37. The summed E-state index contributed by atoms with van der Waals surface area (Å²) >= 11 is 6.20. The van der Waals surface area contributed by atoms with E-state index in [2.05, 4.69) is 30.9 Å². The smallest absolute Gasteiger partial charge is 0.277 e. The quantitative estimate of drug-likeness (QED) is 0.244. The zero-order valence-corrected chi connectivity index (χ0v) is 17.1. The SMILES string of the molecule is CCN=C(C=C(N)CO)Nc1cc(Nc2c(F)cccc2C(=O)NOC)c(Cl)cn1. The number of halogens is 2. The van der Waals surface area contributed by atoms with E-state index >= 15 is 0 Å². The highest BCUT2D eigenvalue weighted by Gasteiger charge is 2.17. The number of amides is 1. The molecule has 1 heterocycles.